The van der Waals surface area contributed by atoms with Gasteiger partial charge in [0.1, 0.15) is 59.3 Å². The normalized spacial score (nSPS) is 31.7. The number of carbonyl (C=O) groups excluding carboxylic acids is 4. The summed E-state index contributed by atoms with van der Waals surface area (Å²) in [5, 5.41) is 16.9. The number of hydrogen-bond donors (Lipinski definition) is 2. The third-order valence-corrected chi connectivity index (χ3v) is 21.9. The lowest BCUT2D eigenvalue weighted by atomic mass is 9.46. The second-order valence-corrected chi connectivity index (χ2v) is 27.9. The molecule has 12 atom stereocenters. The molecule has 0 unspecified atom stereocenters. The topological polar surface area (TPSA) is 187 Å². The minimum absolute atomic E-state index is 0.0998. The molecule has 2 bridgehead atoms. The first-order chi connectivity index (χ1) is 33.1. The number of nitrogens with one attached hydrogen (secondary N) is 1. The maximum absolute atomic E-state index is 16.2. The van der Waals surface area contributed by atoms with Crippen molar-refractivity contribution >= 4 is 32.3 Å². The van der Waals surface area contributed by atoms with E-state index in [9.17, 15) is 19.5 Å². The van der Waals surface area contributed by atoms with Crippen molar-refractivity contribution in [2.24, 2.45) is 16.7 Å². The summed E-state index contributed by atoms with van der Waals surface area (Å²) >= 11 is 0. The highest BCUT2D eigenvalue weighted by Gasteiger charge is 2.76. The summed E-state index contributed by atoms with van der Waals surface area (Å²) in [7, 11) is -3.14. The lowest BCUT2D eigenvalue weighted by Crippen LogP contribution is -2.78. The molecule has 1 saturated carbocycles. The number of esters is 3. The number of halogens is 1. The van der Waals surface area contributed by atoms with Gasteiger partial charge < -0.3 is 48.0 Å². The first kappa shape index (κ1) is 54.0. The zero-order valence-electron chi connectivity index (χ0n) is 43.6. The van der Waals surface area contributed by atoms with Crippen molar-refractivity contribution in [1.82, 2.24) is 10.3 Å². The Kier molecular flexibility index (Phi) is 14.9. The van der Waals surface area contributed by atoms with Crippen LogP contribution in [0.1, 0.15) is 125 Å². The van der Waals surface area contributed by atoms with Crippen molar-refractivity contribution in [1.29, 1.82) is 0 Å². The first-order valence-corrected chi connectivity index (χ1v) is 26.8. The van der Waals surface area contributed by atoms with Gasteiger partial charge in [0, 0.05) is 30.4 Å². The number of rotatable bonds is 14. The predicted molar refractivity (Wildman–Crippen MR) is 263 cm³/mol. The number of alkyl carbamates (subject to hydrolysis) is 1. The Morgan fingerprint density at radius 2 is 1.62 bits per heavy atom. The maximum atomic E-state index is 16.2. The number of carbonyl (C=O) groups is 4. The fourth-order valence-corrected chi connectivity index (χ4v) is 18.2. The molecule has 2 aromatic rings. The summed E-state index contributed by atoms with van der Waals surface area (Å²) in [6.07, 6.45) is -2.92. The van der Waals surface area contributed by atoms with Crippen LogP contribution in [0, 0.1) is 22.6 Å². The monoisotopic (exact) mass is 1000 g/mol. The van der Waals surface area contributed by atoms with Crippen molar-refractivity contribution in [2.45, 2.75) is 186 Å². The predicted octanol–water partition coefficient (Wildman–Crippen LogP) is 9.16. The highest BCUT2D eigenvalue weighted by molar-refractivity contribution is 6.77. The standard InChI is InChI=1S/C54H73FN2O13Si/c1-16-38-65-42-39-32(8)36(64-48(60)43(70-71(29(2)3,30(4)5)31(6)7)41(40-35(55)23-20-26-56-40)57-49(61)69-50(10,11)12)27-54(62,51(39,13)14)46(67-47(59)34-21-18-17-19-22-34)44-52(15,45(42)66-38)25-24-37-53(44,28-63-37)68-33(9)58/h16-26,29-31,36-38,41-46,62H,1,27-28H2,2-15H3,(H,57,61)/t36-,37+,38+,41-,42+,43+,44-,45+,46-,52+,53-,54+/m0/s1. The van der Waals surface area contributed by atoms with E-state index in [4.69, 9.17) is 37.6 Å². The molecule has 388 valence electrons. The quantitative estimate of drug-likeness (QED) is 0.0789. The summed E-state index contributed by atoms with van der Waals surface area (Å²) in [6.45, 7) is 29.7. The summed E-state index contributed by atoms with van der Waals surface area (Å²) in [5.41, 5.74) is -6.59. The van der Waals surface area contributed by atoms with E-state index in [2.05, 4.69) is 16.9 Å². The van der Waals surface area contributed by atoms with Crippen LogP contribution in [0.3, 0.4) is 0 Å². The number of aliphatic hydroxyl groups is 1. The number of aromatic nitrogens is 1. The summed E-state index contributed by atoms with van der Waals surface area (Å²) in [4.78, 5) is 61.9. The molecule has 3 aliphatic carbocycles. The van der Waals surface area contributed by atoms with Gasteiger partial charge in [-0.05, 0) is 85.8 Å². The number of fused-ring (bicyclic) bond motifs is 8. The van der Waals surface area contributed by atoms with E-state index in [-0.39, 0.29) is 40.9 Å². The van der Waals surface area contributed by atoms with Gasteiger partial charge >= 0.3 is 24.0 Å². The molecule has 3 fully saturated rings. The van der Waals surface area contributed by atoms with Gasteiger partial charge in [0.2, 0.25) is 8.32 Å². The summed E-state index contributed by atoms with van der Waals surface area (Å²) in [5.74, 6) is -4.27. The zero-order chi connectivity index (χ0) is 52.4. The van der Waals surface area contributed by atoms with Crippen LogP contribution in [0.2, 0.25) is 16.6 Å². The highest BCUT2D eigenvalue weighted by atomic mass is 28.4. The minimum Gasteiger partial charge on any atom is -0.456 e. The maximum Gasteiger partial charge on any atom is 0.408 e. The lowest BCUT2D eigenvalue weighted by Gasteiger charge is -2.66. The molecule has 2 saturated heterocycles. The molecule has 0 radical (unpaired) electrons. The number of amides is 1. The number of nitrogens with zero attached hydrogens (tertiary/aromatic N) is 1. The van der Waals surface area contributed by atoms with E-state index in [1.807, 2.05) is 68.4 Å². The Labute approximate surface area is 418 Å². The first-order valence-electron chi connectivity index (χ1n) is 24.7. The number of pyridine rings is 1. The average Bonchev–Trinajstić information content (AvgIpc) is 3.70. The molecular weight excluding hydrogens is 932 g/mol. The van der Waals surface area contributed by atoms with E-state index < -0.39 is 121 Å². The van der Waals surface area contributed by atoms with Crippen LogP contribution < -0.4 is 5.32 Å². The Morgan fingerprint density at radius 1 is 0.972 bits per heavy atom. The van der Waals surface area contributed by atoms with Crippen molar-refractivity contribution in [3.63, 3.8) is 0 Å². The van der Waals surface area contributed by atoms with Crippen molar-refractivity contribution in [2.75, 3.05) is 6.61 Å². The van der Waals surface area contributed by atoms with Crippen LogP contribution in [0.5, 0.6) is 0 Å². The van der Waals surface area contributed by atoms with Crippen LogP contribution in [-0.4, -0.2) is 109 Å². The van der Waals surface area contributed by atoms with E-state index in [0.717, 1.165) is 0 Å². The number of ether oxygens (including phenoxy) is 7. The van der Waals surface area contributed by atoms with E-state index >= 15 is 9.18 Å². The Hall–Kier alpha value is -4.78. The minimum atomic E-state index is -3.14. The van der Waals surface area contributed by atoms with Gasteiger partial charge in [0.05, 0.1) is 18.1 Å². The second-order valence-electron chi connectivity index (χ2n) is 22.5. The summed E-state index contributed by atoms with van der Waals surface area (Å²) < 4.78 is 68.6. The van der Waals surface area contributed by atoms with Gasteiger partial charge in [-0.25, -0.2) is 18.8 Å². The fourth-order valence-electron chi connectivity index (χ4n) is 12.7. The van der Waals surface area contributed by atoms with Crippen LogP contribution >= 0.6 is 0 Å². The molecule has 0 spiro atoms. The molecule has 5 aliphatic rings. The van der Waals surface area contributed by atoms with Crippen molar-refractivity contribution < 1.29 is 66.3 Å². The SMILES string of the molecule is C=C[C@@H]1O[C@@H]2C3=C(C)[C@@H](OC(=O)[C@H](O[Si](C(C)C)(C(C)C)C(C)C)[C@@H](NC(=O)OC(C)(C)C)c4ncccc4F)C[C@@](O)([C@@H](OC(=O)c4ccccc4)[C@H]4[C@@](C)(C=C[C@H]5OC[C@]54OC(C)=O)[C@@H]2O1)C3(C)C. The van der Waals surface area contributed by atoms with Crippen LogP contribution in [0.4, 0.5) is 9.18 Å². The third kappa shape index (κ3) is 9.32. The summed E-state index contributed by atoms with van der Waals surface area (Å²) in [6, 6.07) is 9.32. The molecule has 71 heavy (non-hydrogen) atoms. The third-order valence-electron chi connectivity index (χ3n) is 15.8. The van der Waals surface area contributed by atoms with Crippen molar-refractivity contribution in [3.8, 4) is 0 Å². The zero-order valence-corrected chi connectivity index (χ0v) is 44.6. The van der Waals surface area contributed by atoms with Crippen LogP contribution in [-0.2, 0) is 47.2 Å². The van der Waals surface area contributed by atoms with Gasteiger partial charge in [0.15, 0.2) is 18.0 Å². The van der Waals surface area contributed by atoms with Gasteiger partial charge in [-0.2, -0.15) is 0 Å². The molecule has 7 rings (SSSR count). The smallest absolute Gasteiger partial charge is 0.408 e. The van der Waals surface area contributed by atoms with Crippen LogP contribution in [0.15, 0.2) is 84.6 Å². The molecule has 1 aromatic carbocycles. The molecule has 2 N–H and O–H groups in total. The largest absolute Gasteiger partial charge is 0.456 e. The van der Waals surface area contributed by atoms with E-state index in [0.29, 0.717) is 11.1 Å². The molecule has 17 heteroatoms. The molecule has 2 aliphatic heterocycles. The van der Waals surface area contributed by atoms with E-state index in [1.165, 1.54) is 31.3 Å². The van der Waals surface area contributed by atoms with Gasteiger partial charge in [0.25, 0.3) is 0 Å². The Bertz CT molecular complexity index is 2420. The second kappa shape index (κ2) is 19.6. The molecule has 1 aromatic heterocycles. The Balaban J connectivity index is 1.46. The average molecular weight is 1010 g/mol. The molecule has 1 amide bonds. The van der Waals surface area contributed by atoms with Gasteiger partial charge in [-0.15, -0.1) is 0 Å². The fraction of sp³-hybridized carbons (Fsp3) is 0.611. The number of hydrogen-bond acceptors (Lipinski definition) is 14. The molecule has 3 heterocycles. The highest BCUT2D eigenvalue weighted by Crippen LogP contribution is 2.65. The van der Waals surface area contributed by atoms with Crippen molar-refractivity contribution in [3.05, 3.63) is 102 Å². The molecule has 15 nitrogen and oxygen atoms in total. The Morgan fingerprint density at radius 3 is 2.17 bits per heavy atom. The van der Waals surface area contributed by atoms with Crippen LogP contribution in [0.25, 0.3) is 0 Å². The molecular formula is C54H73FN2O13Si. The lowest BCUT2D eigenvalue weighted by molar-refractivity contribution is -0.316. The van der Waals surface area contributed by atoms with Gasteiger partial charge in [-0.1, -0.05) is 99.2 Å². The number of benzene rings is 1. The van der Waals surface area contributed by atoms with E-state index in [1.54, 1.807) is 64.1 Å². The van der Waals surface area contributed by atoms with Gasteiger partial charge in [-0.3, -0.25) is 9.78 Å².